The molecule has 0 aliphatic rings. The molecule has 4 aromatic rings. The van der Waals surface area contributed by atoms with E-state index in [2.05, 4.69) is 10.5 Å². The van der Waals surface area contributed by atoms with Crippen molar-refractivity contribution in [1.29, 1.82) is 0 Å². The lowest BCUT2D eigenvalue weighted by molar-refractivity contribution is -0.384. The highest BCUT2D eigenvalue weighted by atomic mass is 35.5. The van der Waals surface area contributed by atoms with E-state index < -0.39 is 22.9 Å². The van der Waals surface area contributed by atoms with Gasteiger partial charge in [0.15, 0.2) is 6.10 Å². The number of para-hydroxylation sites is 1. The fourth-order valence-electron chi connectivity index (χ4n) is 3.13. The number of hydrogen-bond acceptors (Lipinski definition) is 8. The first-order chi connectivity index (χ1) is 17.3. The number of amides is 1. The molecule has 1 heterocycles. The summed E-state index contributed by atoms with van der Waals surface area (Å²) in [6, 6.07) is 19.5. The van der Waals surface area contributed by atoms with Gasteiger partial charge in [-0.1, -0.05) is 41.9 Å². The van der Waals surface area contributed by atoms with Crippen LogP contribution in [0.1, 0.15) is 22.2 Å². The predicted molar refractivity (Wildman–Crippen MR) is 137 cm³/mol. The normalized spacial score (nSPS) is 11.8. The van der Waals surface area contributed by atoms with Crippen LogP contribution < -0.4 is 14.9 Å². The maximum absolute atomic E-state index is 12.8. The molecule has 0 aliphatic carbocycles. The minimum absolute atomic E-state index is 0.0851. The number of nitro benzene ring substituents is 1. The van der Waals surface area contributed by atoms with Gasteiger partial charge in [-0.25, -0.2) is 10.2 Å². The van der Waals surface area contributed by atoms with E-state index in [0.717, 1.165) is 10.1 Å². The highest BCUT2D eigenvalue weighted by Gasteiger charge is 2.20. The number of nitrogens with zero attached hydrogens (tertiary/aromatic N) is 2. The molecule has 1 aromatic heterocycles. The van der Waals surface area contributed by atoms with Gasteiger partial charge >= 0.3 is 5.97 Å². The zero-order chi connectivity index (χ0) is 25.7. The van der Waals surface area contributed by atoms with E-state index in [1.807, 2.05) is 24.3 Å². The molecule has 0 saturated heterocycles. The summed E-state index contributed by atoms with van der Waals surface area (Å²) in [6.45, 7) is 1.51. The molecule has 1 atom stereocenters. The number of hydrogen-bond donors (Lipinski definition) is 1. The van der Waals surface area contributed by atoms with Crippen LogP contribution in [-0.2, 0) is 4.79 Å². The van der Waals surface area contributed by atoms with Crippen LogP contribution in [0.2, 0.25) is 5.02 Å². The number of esters is 1. The van der Waals surface area contributed by atoms with Crippen LogP contribution in [-0.4, -0.2) is 29.1 Å². The number of non-ortho nitro benzene ring substituents is 1. The van der Waals surface area contributed by atoms with Crippen molar-refractivity contribution in [3.05, 3.63) is 98.4 Å². The third-order valence-electron chi connectivity index (χ3n) is 4.95. The Kier molecular flexibility index (Phi) is 7.57. The van der Waals surface area contributed by atoms with Gasteiger partial charge in [-0.05, 0) is 37.3 Å². The number of carbonyl (C=O) groups is 2. The molecule has 1 unspecified atom stereocenters. The van der Waals surface area contributed by atoms with E-state index in [1.54, 1.807) is 24.3 Å². The quantitative estimate of drug-likeness (QED) is 0.105. The van der Waals surface area contributed by atoms with Gasteiger partial charge in [-0.15, -0.1) is 11.3 Å². The highest BCUT2D eigenvalue weighted by molar-refractivity contribution is 7.21. The minimum Gasteiger partial charge on any atom is -0.481 e. The molecule has 36 heavy (non-hydrogen) atoms. The summed E-state index contributed by atoms with van der Waals surface area (Å²) in [5, 5.41) is 15.8. The van der Waals surface area contributed by atoms with Crippen molar-refractivity contribution in [2.75, 3.05) is 0 Å². The Morgan fingerprint density at radius 3 is 2.50 bits per heavy atom. The second kappa shape index (κ2) is 11.0. The number of nitrogens with one attached hydrogen (secondary N) is 1. The molecule has 11 heteroatoms. The minimum atomic E-state index is -0.924. The Hall–Kier alpha value is -4.28. The van der Waals surface area contributed by atoms with E-state index in [9.17, 15) is 19.7 Å². The molecule has 0 spiro atoms. The molecule has 1 N–H and O–H groups in total. The van der Waals surface area contributed by atoms with Gasteiger partial charge in [0.1, 0.15) is 16.4 Å². The summed E-state index contributed by atoms with van der Waals surface area (Å²) >= 11 is 7.62. The molecule has 182 valence electrons. The molecular weight excluding hydrogens is 506 g/mol. The van der Waals surface area contributed by atoms with Crippen molar-refractivity contribution in [1.82, 2.24) is 5.43 Å². The van der Waals surface area contributed by atoms with Crippen LogP contribution in [0.15, 0.2) is 77.9 Å². The molecule has 0 bridgehead atoms. The SMILES string of the molecule is CC(Oc1ccc([N+](=O)[O-])cc1)C(=O)N/N=C/c1ccccc1OC(=O)c1sc2ccccc2c1Cl. The maximum Gasteiger partial charge on any atom is 0.355 e. The van der Waals surface area contributed by atoms with E-state index in [1.165, 1.54) is 48.7 Å². The number of carbonyl (C=O) groups excluding carboxylic acids is 2. The largest absolute Gasteiger partial charge is 0.481 e. The van der Waals surface area contributed by atoms with Gasteiger partial charge < -0.3 is 9.47 Å². The van der Waals surface area contributed by atoms with Crippen molar-refractivity contribution < 1.29 is 24.0 Å². The molecular formula is C25H18ClN3O6S. The third kappa shape index (κ3) is 5.68. The lowest BCUT2D eigenvalue weighted by Gasteiger charge is -2.12. The van der Waals surface area contributed by atoms with Crippen molar-refractivity contribution in [2.24, 2.45) is 5.10 Å². The number of nitro groups is 1. The second-order valence-corrected chi connectivity index (χ2v) is 8.84. The van der Waals surface area contributed by atoms with Gasteiger partial charge in [-0.2, -0.15) is 5.10 Å². The van der Waals surface area contributed by atoms with E-state index in [0.29, 0.717) is 16.3 Å². The molecule has 1 amide bonds. The molecule has 4 rings (SSSR count). The van der Waals surface area contributed by atoms with Gasteiger partial charge in [0.05, 0.1) is 16.2 Å². The zero-order valence-corrected chi connectivity index (χ0v) is 20.3. The Bertz CT molecular complexity index is 1470. The number of ether oxygens (including phenoxy) is 2. The fourth-order valence-corrected chi connectivity index (χ4v) is 4.52. The molecule has 0 saturated carbocycles. The summed E-state index contributed by atoms with van der Waals surface area (Å²) in [5.74, 6) is -0.610. The number of hydrazone groups is 1. The highest BCUT2D eigenvalue weighted by Crippen LogP contribution is 2.36. The Labute approximate surface area is 214 Å². The predicted octanol–water partition coefficient (Wildman–Crippen LogP) is 5.60. The van der Waals surface area contributed by atoms with Crippen LogP contribution in [0, 0.1) is 10.1 Å². The van der Waals surface area contributed by atoms with Gasteiger partial charge in [-0.3, -0.25) is 14.9 Å². The summed E-state index contributed by atoms with van der Waals surface area (Å²) in [6.07, 6.45) is 0.415. The summed E-state index contributed by atoms with van der Waals surface area (Å²) in [4.78, 5) is 35.6. The van der Waals surface area contributed by atoms with Crippen LogP contribution in [0.5, 0.6) is 11.5 Å². The summed E-state index contributed by atoms with van der Waals surface area (Å²) in [5.41, 5.74) is 2.72. The Morgan fingerprint density at radius 1 is 1.08 bits per heavy atom. The van der Waals surface area contributed by atoms with E-state index in [-0.39, 0.29) is 16.3 Å². The smallest absolute Gasteiger partial charge is 0.355 e. The van der Waals surface area contributed by atoms with Crippen molar-refractivity contribution >= 4 is 56.8 Å². The summed E-state index contributed by atoms with van der Waals surface area (Å²) in [7, 11) is 0. The monoisotopic (exact) mass is 523 g/mol. The first-order valence-electron chi connectivity index (χ1n) is 10.6. The van der Waals surface area contributed by atoms with Crippen LogP contribution in [0.3, 0.4) is 0 Å². The Morgan fingerprint density at radius 2 is 1.78 bits per heavy atom. The topological polar surface area (TPSA) is 120 Å². The third-order valence-corrected chi connectivity index (χ3v) is 6.61. The fraction of sp³-hybridized carbons (Fsp3) is 0.0800. The Balaban J connectivity index is 1.39. The molecule has 0 aliphatic heterocycles. The number of halogens is 1. The first kappa shape index (κ1) is 24.8. The number of rotatable bonds is 8. The van der Waals surface area contributed by atoms with Gasteiger partial charge in [0.25, 0.3) is 11.6 Å². The van der Waals surface area contributed by atoms with E-state index in [4.69, 9.17) is 21.1 Å². The zero-order valence-electron chi connectivity index (χ0n) is 18.7. The number of benzene rings is 3. The number of thiophene rings is 1. The number of fused-ring (bicyclic) bond motifs is 1. The van der Waals surface area contributed by atoms with Gasteiger partial charge in [0, 0.05) is 27.8 Å². The summed E-state index contributed by atoms with van der Waals surface area (Å²) < 4.78 is 11.9. The standard InChI is InChI=1S/C25H18ClN3O6S/c1-15(34-18-12-10-17(11-13-18)29(32)33)24(30)28-27-14-16-6-2-4-8-20(16)35-25(31)23-22(26)19-7-3-5-9-21(19)36-23/h2-15H,1H3,(H,28,30)/b27-14+. The van der Waals surface area contributed by atoms with Crippen LogP contribution in [0.4, 0.5) is 5.69 Å². The lowest BCUT2D eigenvalue weighted by atomic mass is 10.2. The average molecular weight is 524 g/mol. The maximum atomic E-state index is 12.8. The molecule has 0 radical (unpaired) electrons. The van der Waals surface area contributed by atoms with Crippen molar-refractivity contribution in [3.63, 3.8) is 0 Å². The first-order valence-corrected chi connectivity index (χ1v) is 11.7. The second-order valence-electron chi connectivity index (χ2n) is 7.41. The van der Waals surface area contributed by atoms with Crippen LogP contribution in [0.25, 0.3) is 10.1 Å². The average Bonchev–Trinajstić information content (AvgIpc) is 3.22. The lowest BCUT2D eigenvalue weighted by Crippen LogP contribution is -2.33. The van der Waals surface area contributed by atoms with E-state index >= 15 is 0 Å². The van der Waals surface area contributed by atoms with Crippen molar-refractivity contribution in [2.45, 2.75) is 13.0 Å². The molecule has 0 fully saturated rings. The van der Waals surface area contributed by atoms with Crippen LogP contribution >= 0.6 is 22.9 Å². The molecule has 3 aromatic carbocycles. The molecule has 9 nitrogen and oxygen atoms in total. The van der Waals surface area contributed by atoms with Crippen molar-refractivity contribution in [3.8, 4) is 11.5 Å². The van der Waals surface area contributed by atoms with Gasteiger partial charge in [0.2, 0.25) is 0 Å².